The van der Waals surface area contributed by atoms with Crippen molar-refractivity contribution in [2.45, 2.75) is 6.61 Å². The number of thiocarbonyl (C=S) groups is 1. The van der Waals surface area contributed by atoms with E-state index >= 15 is 0 Å². The zero-order valence-electron chi connectivity index (χ0n) is 12.5. The van der Waals surface area contributed by atoms with Gasteiger partial charge in [-0.05, 0) is 51.8 Å². The molecular weight excluding hydrogens is 510 g/mol. The molecule has 0 bridgehead atoms. The van der Waals surface area contributed by atoms with Crippen LogP contribution in [-0.4, -0.2) is 10.2 Å². The summed E-state index contributed by atoms with van der Waals surface area (Å²) in [5.41, 5.74) is 1.77. The molecule has 0 atom stereocenters. The Kier molecular flexibility index (Phi) is 6.22. The van der Waals surface area contributed by atoms with Gasteiger partial charge in [-0.25, -0.2) is 0 Å². The maximum absolute atomic E-state index is 11.9. The first-order chi connectivity index (χ1) is 11.9. The number of amides is 1. The maximum Gasteiger partial charge on any atom is 0.263 e. The van der Waals surface area contributed by atoms with Gasteiger partial charge in [0.2, 0.25) is 0 Å². The lowest BCUT2D eigenvalue weighted by molar-refractivity contribution is -0.115. The zero-order valence-corrected chi connectivity index (χ0v) is 18.1. The van der Waals surface area contributed by atoms with Gasteiger partial charge >= 0.3 is 0 Å². The first-order valence-electron chi connectivity index (χ1n) is 7.03. The molecule has 128 valence electrons. The minimum atomic E-state index is -0.199. The molecule has 0 radical (unpaired) electrons. The van der Waals surface area contributed by atoms with Crippen LogP contribution in [0.2, 0.25) is 5.02 Å². The van der Waals surface area contributed by atoms with Gasteiger partial charge in [0.1, 0.15) is 16.7 Å². The standard InChI is InChI=1S/C17H10Br2ClNO2S2/c18-11-5-10(6-14-16(22)21-17(24)25-14)15(13(19)7-11)23-8-9-1-3-12(20)4-2-9/h1-7H,8H2,(H,21,22,24)/b14-6-. The molecule has 0 unspecified atom stereocenters. The van der Waals surface area contributed by atoms with Crippen LogP contribution in [0, 0.1) is 0 Å². The Balaban J connectivity index is 1.90. The third kappa shape index (κ3) is 4.86. The van der Waals surface area contributed by atoms with E-state index in [9.17, 15) is 4.79 Å². The van der Waals surface area contributed by atoms with Gasteiger partial charge in [-0.3, -0.25) is 4.79 Å². The molecule has 0 spiro atoms. The molecule has 1 fully saturated rings. The number of carbonyl (C=O) groups excluding carboxylic acids is 1. The number of benzene rings is 2. The van der Waals surface area contributed by atoms with Gasteiger partial charge in [0.05, 0.1) is 9.38 Å². The van der Waals surface area contributed by atoms with Gasteiger partial charge in [0, 0.05) is 15.1 Å². The first kappa shape index (κ1) is 18.9. The summed E-state index contributed by atoms with van der Waals surface area (Å²) in [4.78, 5) is 12.5. The number of carbonyl (C=O) groups is 1. The second-order valence-electron chi connectivity index (χ2n) is 5.07. The Labute approximate surface area is 176 Å². The minimum Gasteiger partial charge on any atom is -0.487 e. The van der Waals surface area contributed by atoms with Crippen LogP contribution in [0.15, 0.2) is 50.2 Å². The summed E-state index contributed by atoms with van der Waals surface area (Å²) in [6.45, 7) is 0.380. The maximum atomic E-state index is 11.9. The quantitative estimate of drug-likeness (QED) is 0.401. The third-order valence-electron chi connectivity index (χ3n) is 3.26. The molecule has 8 heteroatoms. The number of rotatable bonds is 4. The van der Waals surface area contributed by atoms with E-state index in [-0.39, 0.29) is 5.91 Å². The predicted octanol–water partition coefficient (Wildman–Crippen LogP) is 5.93. The fourth-order valence-corrected chi connectivity index (χ4v) is 4.67. The largest absolute Gasteiger partial charge is 0.487 e. The average molecular weight is 520 g/mol. The van der Waals surface area contributed by atoms with Crippen molar-refractivity contribution in [3.05, 3.63) is 66.4 Å². The number of ether oxygens (including phenoxy) is 1. The number of hydrogen-bond acceptors (Lipinski definition) is 4. The lowest BCUT2D eigenvalue weighted by atomic mass is 10.1. The topological polar surface area (TPSA) is 38.3 Å². The second-order valence-corrected chi connectivity index (χ2v) is 9.00. The minimum absolute atomic E-state index is 0.199. The van der Waals surface area contributed by atoms with Crippen LogP contribution in [0.1, 0.15) is 11.1 Å². The monoisotopic (exact) mass is 517 g/mol. The van der Waals surface area contributed by atoms with Gasteiger partial charge < -0.3 is 10.1 Å². The van der Waals surface area contributed by atoms with Gasteiger partial charge in [-0.1, -0.05) is 63.6 Å². The fourth-order valence-electron chi connectivity index (χ4n) is 2.14. The Bertz CT molecular complexity index is 885. The Hall–Kier alpha value is -0.860. The summed E-state index contributed by atoms with van der Waals surface area (Å²) >= 11 is 19.2. The Morgan fingerprint density at radius 3 is 2.60 bits per heavy atom. The SMILES string of the molecule is O=C1NC(=S)S/C1=C\c1cc(Br)cc(Br)c1OCc1ccc(Cl)cc1. The summed E-state index contributed by atoms with van der Waals surface area (Å²) in [6.07, 6.45) is 1.77. The van der Waals surface area contributed by atoms with Crippen molar-refractivity contribution in [2.24, 2.45) is 0 Å². The van der Waals surface area contributed by atoms with Crippen molar-refractivity contribution in [1.82, 2.24) is 5.32 Å². The smallest absolute Gasteiger partial charge is 0.263 e. The van der Waals surface area contributed by atoms with E-state index < -0.39 is 0 Å². The molecule has 0 aliphatic carbocycles. The van der Waals surface area contributed by atoms with Crippen molar-refractivity contribution in [1.29, 1.82) is 0 Å². The van der Waals surface area contributed by atoms with Crippen LogP contribution in [0.5, 0.6) is 5.75 Å². The van der Waals surface area contributed by atoms with Crippen LogP contribution in [0.4, 0.5) is 0 Å². The summed E-state index contributed by atoms with van der Waals surface area (Å²) in [6, 6.07) is 11.2. The van der Waals surface area contributed by atoms with Gasteiger partial charge in [0.25, 0.3) is 5.91 Å². The van der Waals surface area contributed by atoms with Crippen LogP contribution >= 0.6 is 67.4 Å². The summed E-state index contributed by atoms with van der Waals surface area (Å²) < 4.78 is 8.10. The Morgan fingerprint density at radius 1 is 1.24 bits per heavy atom. The molecule has 3 rings (SSSR count). The molecule has 2 aromatic rings. The lowest BCUT2D eigenvalue weighted by Crippen LogP contribution is -2.17. The predicted molar refractivity (Wildman–Crippen MR) is 114 cm³/mol. The van der Waals surface area contributed by atoms with Crippen molar-refractivity contribution in [3.63, 3.8) is 0 Å². The van der Waals surface area contributed by atoms with E-state index in [0.717, 1.165) is 20.1 Å². The Morgan fingerprint density at radius 2 is 1.96 bits per heavy atom. The summed E-state index contributed by atoms with van der Waals surface area (Å²) in [5.74, 6) is 0.451. The lowest BCUT2D eigenvalue weighted by Gasteiger charge is -2.13. The van der Waals surface area contributed by atoms with Crippen LogP contribution < -0.4 is 10.1 Å². The van der Waals surface area contributed by atoms with E-state index in [4.69, 9.17) is 28.6 Å². The number of hydrogen-bond donors (Lipinski definition) is 1. The highest BCUT2D eigenvalue weighted by Gasteiger charge is 2.23. The molecule has 1 aliphatic rings. The molecule has 1 saturated heterocycles. The van der Waals surface area contributed by atoms with Crippen molar-refractivity contribution in [2.75, 3.05) is 0 Å². The average Bonchev–Trinajstić information content (AvgIpc) is 2.85. The highest BCUT2D eigenvalue weighted by molar-refractivity contribution is 9.11. The van der Waals surface area contributed by atoms with E-state index in [1.165, 1.54) is 11.8 Å². The van der Waals surface area contributed by atoms with Gasteiger partial charge in [0.15, 0.2) is 0 Å². The van der Waals surface area contributed by atoms with Gasteiger partial charge in [-0.2, -0.15) is 0 Å². The molecule has 0 aromatic heterocycles. The van der Waals surface area contributed by atoms with E-state index in [1.807, 2.05) is 36.4 Å². The van der Waals surface area contributed by atoms with Crippen molar-refractivity contribution >= 4 is 83.7 Å². The summed E-state index contributed by atoms with van der Waals surface area (Å²) in [5, 5.41) is 3.29. The van der Waals surface area contributed by atoms with Crippen molar-refractivity contribution < 1.29 is 9.53 Å². The van der Waals surface area contributed by atoms with Gasteiger partial charge in [-0.15, -0.1) is 0 Å². The van der Waals surface area contributed by atoms with E-state index in [1.54, 1.807) is 6.08 Å². The molecule has 3 nitrogen and oxygen atoms in total. The summed E-state index contributed by atoms with van der Waals surface area (Å²) in [7, 11) is 0. The third-order valence-corrected chi connectivity index (χ3v) is 5.72. The number of thioether (sulfide) groups is 1. The molecule has 1 heterocycles. The van der Waals surface area contributed by atoms with E-state index in [0.29, 0.717) is 26.6 Å². The highest BCUT2D eigenvalue weighted by atomic mass is 79.9. The number of halogens is 3. The van der Waals surface area contributed by atoms with E-state index in [2.05, 4.69) is 37.2 Å². The molecule has 1 N–H and O–H groups in total. The second kappa shape index (κ2) is 8.22. The molecule has 25 heavy (non-hydrogen) atoms. The fraction of sp³-hybridized carbons (Fsp3) is 0.0588. The zero-order chi connectivity index (χ0) is 18.0. The molecule has 2 aromatic carbocycles. The van der Waals surface area contributed by atoms with Crippen LogP contribution in [0.25, 0.3) is 6.08 Å². The molecule has 1 aliphatic heterocycles. The van der Waals surface area contributed by atoms with Crippen molar-refractivity contribution in [3.8, 4) is 5.75 Å². The highest BCUT2D eigenvalue weighted by Crippen LogP contribution is 2.37. The first-order valence-corrected chi connectivity index (χ1v) is 10.2. The van der Waals surface area contributed by atoms with Crippen LogP contribution in [0.3, 0.4) is 0 Å². The molecule has 0 saturated carbocycles. The molecular formula is C17H10Br2ClNO2S2. The molecule has 1 amide bonds. The normalized spacial score (nSPS) is 15.6. The van der Waals surface area contributed by atoms with Crippen LogP contribution in [-0.2, 0) is 11.4 Å². The number of nitrogens with one attached hydrogen (secondary N) is 1.